The van der Waals surface area contributed by atoms with Gasteiger partial charge < -0.3 is 15.4 Å². The monoisotopic (exact) mass is 524 g/mol. The van der Waals surface area contributed by atoms with Gasteiger partial charge in [-0.25, -0.2) is 15.0 Å². The zero-order valence-corrected chi connectivity index (χ0v) is 21.4. The second-order valence-electron chi connectivity index (χ2n) is 8.86. The number of rotatable bonds is 7. The van der Waals surface area contributed by atoms with Crippen LogP contribution < -0.4 is 15.4 Å². The molecule has 36 heavy (non-hydrogen) atoms. The number of piperidine rings is 1. The molecule has 5 rings (SSSR count). The van der Waals surface area contributed by atoms with Crippen LogP contribution in [0.3, 0.4) is 0 Å². The molecule has 3 aromatic heterocycles. The molecule has 0 unspecified atom stereocenters. The van der Waals surface area contributed by atoms with Gasteiger partial charge in [0.2, 0.25) is 0 Å². The topological polar surface area (TPSA) is 98.6 Å². The van der Waals surface area contributed by atoms with E-state index in [0.29, 0.717) is 32.8 Å². The number of nitrogens with zero attached hydrogens (tertiary/aromatic N) is 5. The molecule has 0 saturated carbocycles. The SMILES string of the molecule is COc1ccc(-c2cnc(N3CCCCC3)c3nc(CC(=O)Cc4ccc(Cl)nc4N)cn23)c(Cl)c1. The van der Waals surface area contributed by atoms with Gasteiger partial charge in [-0.15, -0.1) is 0 Å². The fourth-order valence-corrected chi connectivity index (χ4v) is 4.98. The molecule has 0 atom stereocenters. The lowest BCUT2D eigenvalue weighted by Gasteiger charge is -2.28. The highest BCUT2D eigenvalue weighted by Gasteiger charge is 2.21. The minimum Gasteiger partial charge on any atom is -0.497 e. The minimum atomic E-state index is -0.0225. The summed E-state index contributed by atoms with van der Waals surface area (Å²) in [6, 6.07) is 8.89. The van der Waals surface area contributed by atoms with E-state index in [1.54, 1.807) is 25.3 Å². The van der Waals surface area contributed by atoms with Crippen LogP contribution >= 0.6 is 23.2 Å². The van der Waals surface area contributed by atoms with E-state index < -0.39 is 0 Å². The predicted molar refractivity (Wildman–Crippen MR) is 142 cm³/mol. The predicted octanol–water partition coefficient (Wildman–Crippen LogP) is 5.03. The summed E-state index contributed by atoms with van der Waals surface area (Å²) < 4.78 is 7.28. The molecule has 1 aromatic carbocycles. The Morgan fingerprint density at radius 2 is 1.89 bits per heavy atom. The Labute approximate surface area is 219 Å². The summed E-state index contributed by atoms with van der Waals surface area (Å²) in [6.07, 6.45) is 7.45. The number of ketones is 1. The number of hydrogen-bond acceptors (Lipinski definition) is 7. The number of aromatic nitrogens is 4. The number of pyridine rings is 1. The molecule has 10 heteroatoms. The van der Waals surface area contributed by atoms with Crippen molar-refractivity contribution in [2.75, 3.05) is 30.8 Å². The summed E-state index contributed by atoms with van der Waals surface area (Å²) in [4.78, 5) is 28.9. The van der Waals surface area contributed by atoms with Crippen LogP contribution in [0, 0.1) is 0 Å². The molecule has 0 spiro atoms. The van der Waals surface area contributed by atoms with Crippen molar-refractivity contribution in [1.82, 2.24) is 19.4 Å². The molecule has 4 aromatic rings. The van der Waals surface area contributed by atoms with E-state index in [9.17, 15) is 4.79 Å². The normalized spacial score (nSPS) is 13.8. The zero-order valence-electron chi connectivity index (χ0n) is 19.9. The van der Waals surface area contributed by atoms with Gasteiger partial charge in [-0.05, 0) is 43.5 Å². The van der Waals surface area contributed by atoms with Crippen LogP contribution in [-0.4, -0.2) is 45.3 Å². The Morgan fingerprint density at radius 3 is 2.61 bits per heavy atom. The molecule has 1 fully saturated rings. The maximum absolute atomic E-state index is 12.9. The Kier molecular flexibility index (Phi) is 6.98. The van der Waals surface area contributed by atoms with Crippen LogP contribution in [0.1, 0.15) is 30.5 Å². The van der Waals surface area contributed by atoms with Crippen molar-refractivity contribution in [2.45, 2.75) is 32.1 Å². The second-order valence-corrected chi connectivity index (χ2v) is 9.65. The summed E-state index contributed by atoms with van der Waals surface area (Å²) in [5.74, 6) is 1.73. The average Bonchev–Trinajstić information content (AvgIpc) is 3.29. The number of nitrogens with two attached hydrogens (primary N) is 1. The standard InChI is InChI=1S/C26H26Cl2N6O2/c1-36-19-6-7-20(21(27)13-19)22-14-30-25(33-9-3-2-4-10-33)26-31-17(15-34(22)26)12-18(35)11-16-5-8-23(28)32-24(16)29/h5-8,13-15H,2-4,9-12H2,1H3,(H2,29,32). The molecular formula is C26H26Cl2N6O2. The van der Waals surface area contributed by atoms with Crippen LogP contribution in [0.5, 0.6) is 5.75 Å². The van der Waals surface area contributed by atoms with E-state index in [0.717, 1.165) is 43.0 Å². The summed E-state index contributed by atoms with van der Waals surface area (Å²) in [5, 5.41) is 0.840. The van der Waals surface area contributed by atoms with Crippen LogP contribution in [0.2, 0.25) is 10.2 Å². The van der Waals surface area contributed by atoms with Gasteiger partial charge in [-0.1, -0.05) is 29.3 Å². The van der Waals surface area contributed by atoms with E-state index in [1.165, 1.54) is 6.42 Å². The van der Waals surface area contributed by atoms with Crippen molar-refractivity contribution in [3.8, 4) is 17.0 Å². The lowest BCUT2D eigenvalue weighted by Crippen LogP contribution is -2.30. The summed E-state index contributed by atoms with van der Waals surface area (Å²) in [5.41, 5.74) is 9.54. The maximum Gasteiger partial charge on any atom is 0.181 e. The van der Waals surface area contributed by atoms with Crippen molar-refractivity contribution in [1.29, 1.82) is 0 Å². The molecule has 1 aliphatic heterocycles. The number of anilines is 2. The summed E-state index contributed by atoms with van der Waals surface area (Å²) in [6.45, 7) is 1.85. The first-order valence-electron chi connectivity index (χ1n) is 11.8. The highest BCUT2D eigenvalue weighted by Crippen LogP contribution is 2.34. The first kappa shape index (κ1) is 24.3. The van der Waals surface area contributed by atoms with Crippen molar-refractivity contribution < 1.29 is 9.53 Å². The summed E-state index contributed by atoms with van der Waals surface area (Å²) in [7, 11) is 1.60. The first-order valence-corrected chi connectivity index (χ1v) is 12.6. The highest BCUT2D eigenvalue weighted by molar-refractivity contribution is 6.33. The van der Waals surface area contributed by atoms with E-state index in [4.69, 9.17) is 43.6 Å². The molecule has 0 radical (unpaired) electrons. The molecular weight excluding hydrogens is 499 g/mol. The second kappa shape index (κ2) is 10.3. The molecule has 8 nitrogen and oxygen atoms in total. The number of fused-ring (bicyclic) bond motifs is 1. The van der Waals surface area contributed by atoms with Gasteiger partial charge in [0, 0.05) is 36.8 Å². The molecule has 1 aliphatic rings. The molecule has 4 heterocycles. The summed E-state index contributed by atoms with van der Waals surface area (Å²) >= 11 is 12.5. The minimum absolute atomic E-state index is 0.0225. The largest absolute Gasteiger partial charge is 0.497 e. The van der Waals surface area contributed by atoms with Crippen LogP contribution in [0.15, 0.2) is 42.7 Å². The number of hydrogen-bond donors (Lipinski definition) is 1. The number of Topliss-reactive ketones (excluding diaryl/α,β-unsaturated/α-hetero) is 1. The van der Waals surface area contributed by atoms with Gasteiger partial charge in [0.1, 0.15) is 22.5 Å². The zero-order chi connectivity index (χ0) is 25.2. The van der Waals surface area contributed by atoms with Crippen LogP contribution in [0.25, 0.3) is 16.9 Å². The van der Waals surface area contributed by atoms with Gasteiger partial charge in [0.05, 0.1) is 36.1 Å². The Morgan fingerprint density at radius 1 is 1.08 bits per heavy atom. The lowest BCUT2D eigenvalue weighted by atomic mass is 10.1. The fraction of sp³-hybridized carbons (Fsp3) is 0.308. The number of imidazole rings is 1. The maximum atomic E-state index is 12.9. The van der Waals surface area contributed by atoms with Gasteiger partial charge >= 0.3 is 0 Å². The first-order chi connectivity index (χ1) is 17.4. The van der Waals surface area contributed by atoms with Crippen molar-refractivity contribution >= 4 is 46.3 Å². The van der Waals surface area contributed by atoms with E-state index in [-0.39, 0.29) is 24.4 Å². The van der Waals surface area contributed by atoms with Gasteiger partial charge in [-0.2, -0.15) is 0 Å². The fourth-order valence-electron chi connectivity index (χ4n) is 4.56. The smallest absolute Gasteiger partial charge is 0.181 e. The Balaban J connectivity index is 1.52. The highest BCUT2D eigenvalue weighted by atomic mass is 35.5. The van der Waals surface area contributed by atoms with Gasteiger partial charge in [0.25, 0.3) is 0 Å². The van der Waals surface area contributed by atoms with Crippen LogP contribution in [-0.2, 0) is 17.6 Å². The van der Waals surface area contributed by atoms with Crippen molar-refractivity contribution in [3.05, 3.63) is 64.2 Å². The molecule has 0 bridgehead atoms. The molecule has 0 aliphatic carbocycles. The number of nitrogen functional groups attached to an aromatic ring is 1. The molecule has 2 N–H and O–H groups in total. The van der Waals surface area contributed by atoms with Crippen molar-refractivity contribution in [2.24, 2.45) is 0 Å². The van der Waals surface area contributed by atoms with E-state index in [1.807, 2.05) is 28.9 Å². The number of ether oxygens (including phenoxy) is 1. The number of methoxy groups -OCH3 is 1. The average molecular weight is 525 g/mol. The molecule has 186 valence electrons. The lowest BCUT2D eigenvalue weighted by molar-refractivity contribution is -0.117. The van der Waals surface area contributed by atoms with Gasteiger partial charge in [0.15, 0.2) is 11.5 Å². The van der Waals surface area contributed by atoms with Crippen LogP contribution in [0.4, 0.5) is 11.6 Å². The number of halogens is 2. The quantitative estimate of drug-likeness (QED) is 0.338. The molecule has 0 amide bonds. The number of carbonyl (C=O) groups excluding carboxylic acids is 1. The third-order valence-electron chi connectivity index (χ3n) is 6.38. The van der Waals surface area contributed by atoms with E-state index >= 15 is 0 Å². The Hall–Kier alpha value is -3.36. The third kappa shape index (κ3) is 4.96. The number of benzene rings is 1. The third-order valence-corrected chi connectivity index (χ3v) is 6.90. The van der Waals surface area contributed by atoms with E-state index in [2.05, 4.69) is 9.88 Å². The number of carbonyl (C=O) groups is 1. The Bertz CT molecular complexity index is 1430. The van der Waals surface area contributed by atoms with Gasteiger partial charge in [-0.3, -0.25) is 9.20 Å². The molecule has 1 saturated heterocycles. The van der Waals surface area contributed by atoms with Crippen molar-refractivity contribution in [3.63, 3.8) is 0 Å².